The van der Waals surface area contributed by atoms with E-state index < -0.39 is 5.97 Å². The number of hydrogen-bond acceptors (Lipinski definition) is 3. The monoisotopic (exact) mass is 261 g/mol. The number of imidazole rings is 1. The van der Waals surface area contributed by atoms with Gasteiger partial charge in [0.1, 0.15) is 0 Å². The summed E-state index contributed by atoms with van der Waals surface area (Å²) in [4.78, 5) is 15.3. The van der Waals surface area contributed by atoms with Crippen LogP contribution < -0.4 is 5.32 Å². The average molecular weight is 261 g/mol. The third kappa shape index (κ3) is 3.24. The lowest BCUT2D eigenvalue weighted by Gasteiger charge is -2.11. The zero-order valence-corrected chi connectivity index (χ0v) is 11.3. The number of aliphatic carboxylic acids is 1. The fourth-order valence-electron chi connectivity index (χ4n) is 1.94. The van der Waals surface area contributed by atoms with E-state index in [0.717, 1.165) is 23.5 Å². The summed E-state index contributed by atoms with van der Waals surface area (Å²) >= 11 is 0. The van der Waals surface area contributed by atoms with E-state index >= 15 is 0 Å². The van der Waals surface area contributed by atoms with E-state index in [4.69, 9.17) is 5.11 Å². The Hall–Kier alpha value is -2.04. The smallest absolute Gasteiger partial charge is 0.305 e. The number of nitrogens with zero attached hydrogens (tertiary/aromatic N) is 2. The van der Waals surface area contributed by atoms with E-state index in [1.54, 1.807) is 0 Å². The van der Waals surface area contributed by atoms with Crippen LogP contribution in [-0.2, 0) is 11.3 Å². The molecule has 5 heteroatoms. The predicted molar refractivity (Wildman–Crippen MR) is 75.3 cm³/mol. The number of carbonyl (C=O) groups is 1. The molecule has 5 nitrogen and oxygen atoms in total. The van der Waals surface area contributed by atoms with Gasteiger partial charge in [0.15, 0.2) is 0 Å². The molecule has 1 aromatic carbocycles. The second-order valence-corrected chi connectivity index (χ2v) is 4.99. The largest absolute Gasteiger partial charge is 0.481 e. The molecule has 19 heavy (non-hydrogen) atoms. The highest BCUT2D eigenvalue weighted by Crippen LogP contribution is 2.20. The van der Waals surface area contributed by atoms with Crippen LogP contribution in [-0.4, -0.2) is 27.2 Å². The fourth-order valence-corrected chi connectivity index (χ4v) is 1.94. The number of aromatic nitrogens is 2. The number of hydrogen-bond donors (Lipinski definition) is 2. The molecule has 0 aliphatic carbocycles. The minimum atomic E-state index is -0.799. The van der Waals surface area contributed by atoms with E-state index in [0.29, 0.717) is 12.5 Å². The molecule has 0 bridgehead atoms. The highest BCUT2D eigenvalue weighted by Gasteiger charge is 2.11. The number of carboxylic acids is 1. The first-order chi connectivity index (χ1) is 9.08. The van der Waals surface area contributed by atoms with Crippen LogP contribution in [0, 0.1) is 5.92 Å². The number of benzene rings is 1. The zero-order valence-electron chi connectivity index (χ0n) is 11.3. The molecule has 2 N–H and O–H groups in total. The summed E-state index contributed by atoms with van der Waals surface area (Å²) in [6, 6.07) is 7.77. The molecule has 0 radical (unpaired) electrons. The minimum Gasteiger partial charge on any atom is -0.481 e. The number of nitrogens with one attached hydrogen (secondary N) is 1. The van der Waals surface area contributed by atoms with Gasteiger partial charge in [-0.15, -0.1) is 0 Å². The Morgan fingerprint density at radius 1 is 1.42 bits per heavy atom. The number of para-hydroxylation sites is 2. The second-order valence-electron chi connectivity index (χ2n) is 4.99. The Bertz CT molecular complexity index is 575. The van der Waals surface area contributed by atoms with Crippen molar-refractivity contribution >= 4 is 23.0 Å². The molecule has 0 unspecified atom stereocenters. The molecule has 102 valence electrons. The van der Waals surface area contributed by atoms with Gasteiger partial charge in [0, 0.05) is 13.1 Å². The third-order valence-electron chi connectivity index (χ3n) is 2.87. The first-order valence-electron chi connectivity index (χ1n) is 6.49. The van der Waals surface area contributed by atoms with Crippen LogP contribution in [0.1, 0.15) is 20.3 Å². The Kier molecular flexibility index (Phi) is 4.04. The van der Waals surface area contributed by atoms with Gasteiger partial charge in [-0.1, -0.05) is 26.0 Å². The van der Waals surface area contributed by atoms with Crippen molar-refractivity contribution in [3.8, 4) is 0 Å². The normalized spacial score (nSPS) is 11.1. The van der Waals surface area contributed by atoms with Crippen molar-refractivity contribution in [2.24, 2.45) is 5.92 Å². The van der Waals surface area contributed by atoms with Crippen molar-refractivity contribution in [2.75, 3.05) is 11.9 Å². The SMILES string of the molecule is CC(C)CNc1nc2ccccc2n1CCC(=O)O. The molecule has 0 aliphatic rings. The van der Waals surface area contributed by atoms with Crippen LogP contribution in [0.15, 0.2) is 24.3 Å². The Morgan fingerprint density at radius 3 is 2.84 bits per heavy atom. The molecule has 2 aromatic rings. The number of aryl methyl sites for hydroxylation is 1. The molecule has 0 spiro atoms. The van der Waals surface area contributed by atoms with Crippen LogP contribution in [0.4, 0.5) is 5.95 Å². The van der Waals surface area contributed by atoms with Crippen LogP contribution in [0.3, 0.4) is 0 Å². The van der Waals surface area contributed by atoms with Gasteiger partial charge in [0.2, 0.25) is 5.95 Å². The number of carboxylic acid groups (broad SMARTS) is 1. The van der Waals surface area contributed by atoms with Crippen molar-refractivity contribution in [1.29, 1.82) is 0 Å². The van der Waals surface area contributed by atoms with Crippen LogP contribution in [0.2, 0.25) is 0 Å². The molecule has 0 aliphatic heterocycles. The molecular formula is C14H19N3O2. The van der Waals surface area contributed by atoms with Crippen molar-refractivity contribution in [3.63, 3.8) is 0 Å². The Morgan fingerprint density at radius 2 is 2.16 bits per heavy atom. The fraction of sp³-hybridized carbons (Fsp3) is 0.429. The predicted octanol–water partition coefficient (Wildman–Crippen LogP) is 2.58. The lowest BCUT2D eigenvalue weighted by Crippen LogP contribution is -2.14. The van der Waals surface area contributed by atoms with Gasteiger partial charge in [0.25, 0.3) is 0 Å². The highest BCUT2D eigenvalue weighted by atomic mass is 16.4. The molecule has 0 fully saturated rings. The van der Waals surface area contributed by atoms with Gasteiger partial charge in [0.05, 0.1) is 17.5 Å². The van der Waals surface area contributed by atoms with E-state index in [2.05, 4.69) is 24.1 Å². The molecule has 1 heterocycles. The summed E-state index contributed by atoms with van der Waals surface area (Å²) in [7, 11) is 0. The van der Waals surface area contributed by atoms with E-state index in [1.165, 1.54) is 0 Å². The average Bonchev–Trinajstić information content (AvgIpc) is 2.71. The van der Waals surface area contributed by atoms with E-state index in [9.17, 15) is 4.79 Å². The van der Waals surface area contributed by atoms with Gasteiger partial charge in [-0.2, -0.15) is 0 Å². The third-order valence-corrected chi connectivity index (χ3v) is 2.87. The lowest BCUT2D eigenvalue weighted by molar-refractivity contribution is -0.137. The van der Waals surface area contributed by atoms with Crippen molar-refractivity contribution < 1.29 is 9.90 Å². The van der Waals surface area contributed by atoms with Gasteiger partial charge >= 0.3 is 5.97 Å². The van der Waals surface area contributed by atoms with Gasteiger partial charge in [-0.05, 0) is 18.1 Å². The molecule has 0 atom stereocenters. The first kappa shape index (κ1) is 13.4. The summed E-state index contributed by atoms with van der Waals surface area (Å²) in [6.07, 6.45) is 0.0940. The maximum Gasteiger partial charge on any atom is 0.305 e. The summed E-state index contributed by atoms with van der Waals surface area (Å²) < 4.78 is 1.94. The van der Waals surface area contributed by atoms with Gasteiger partial charge in [-0.3, -0.25) is 4.79 Å². The minimum absolute atomic E-state index is 0.0940. The Labute approximate surface area is 112 Å². The zero-order chi connectivity index (χ0) is 13.8. The number of anilines is 1. The van der Waals surface area contributed by atoms with Gasteiger partial charge in [-0.25, -0.2) is 4.98 Å². The van der Waals surface area contributed by atoms with E-state index in [-0.39, 0.29) is 6.42 Å². The topological polar surface area (TPSA) is 67.2 Å². The highest BCUT2D eigenvalue weighted by molar-refractivity contribution is 5.79. The standard InChI is InChI=1S/C14H19N3O2/c1-10(2)9-15-14-16-11-5-3-4-6-12(11)17(14)8-7-13(18)19/h3-6,10H,7-9H2,1-2H3,(H,15,16)(H,18,19). The summed E-state index contributed by atoms with van der Waals surface area (Å²) in [6.45, 7) is 5.49. The molecule has 0 saturated heterocycles. The molecule has 0 amide bonds. The Balaban J connectivity index is 2.31. The van der Waals surface area contributed by atoms with Crippen LogP contribution in [0.25, 0.3) is 11.0 Å². The number of rotatable bonds is 6. The number of fused-ring (bicyclic) bond motifs is 1. The summed E-state index contributed by atoms with van der Waals surface area (Å²) in [5, 5.41) is 12.1. The molecule has 1 aromatic heterocycles. The van der Waals surface area contributed by atoms with Crippen LogP contribution >= 0.6 is 0 Å². The molecular weight excluding hydrogens is 242 g/mol. The molecule has 2 rings (SSSR count). The van der Waals surface area contributed by atoms with Gasteiger partial charge < -0.3 is 15.0 Å². The van der Waals surface area contributed by atoms with E-state index in [1.807, 2.05) is 28.8 Å². The first-order valence-corrected chi connectivity index (χ1v) is 6.49. The van der Waals surface area contributed by atoms with Crippen molar-refractivity contribution in [2.45, 2.75) is 26.8 Å². The van der Waals surface area contributed by atoms with Crippen LogP contribution in [0.5, 0.6) is 0 Å². The van der Waals surface area contributed by atoms with Crippen molar-refractivity contribution in [1.82, 2.24) is 9.55 Å². The second kappa shape index (κ2) is 5.73. The summed E-state index contributed by atoms with van der Waals surface area (Å²) in [5.74, 6) is 0.455. The quantitative estimate of drug-likeness (QED) is 0.838. The maximum atomic E-state index is 10.8. The lowest BCUT2D eigenvalue weighted by atomic mass is 10.2. The van der Waals surface area contributed by atoms with Crippen molar-refractivity contribution in [3.05, 3.63) is 24.3 Å². The molecule has 0 saturated carbocycles. The summed E-state index contributed by atoms with van der Waals surface area (Å²) in [5.41, 5.74) is 1.86. The maximum absolute atomic E-state index is 10.8.